The van der Waals surface area contributed by atoms with Crippen molar-refractivity contribution in [3.8, 4) is 11.4 Å². The highest BCUT2D eigenvalue weighted by molar-refractivity contribution is 7.99. The molecule has 1 aliphatic heterocycles. The number of rotatable bonds is 8. The summed E-state index contributed by atoms with van der Waals surface area (Å²) in [5, 5.41) is 17.5. The summed E-state index contributed by atoms with van der Waals surface area (Å²) in [5.74, 6) is 1.48. The SMILES string of the molecule is C=CCn1c(SCC(=O)N2N=C(c3cccs3)C[C@H]2c2ccco2)nnc1-c1ccncc1. The van der Waals surface area contributed by atoms with Crippen molar-refractivity contribution in [2.75, 3.05) is 5.75 Å². The molecular formula is C23H20N6O2S2. The van der Waals surface area contributed by atoms with Gasteiger partial charge >= 0.3 is 0 Å². The first kappa shape index (κ1) is 21.4. The van der Waals surface area contributed by atoms with Crippen LogP contribution in [-0.4, -0.2) is 42.1 Å². The van der Waals surface area contributed by atoms with Crippen molar-refractivity contribution >= 4 is 34.7 Å². The van der Waals surface area contributed by atoms with Crippen LogP contribution >= 0.6 is 23.1 Å². The van der Waals surface area contributed by atoms with Crippen LogP contribution < -0.4 is 0 Å². The summed E-state index contributed by atoms with van der Waals surface area (Å²) in [6.07, 6.45) is 7.44. The van der Waals surface area contributed by atoms with Crippen LogP contribution in [0, 0.1) is 0 Å². The summed E-state index contributed by atoms with van der Waals surface area (Å²) < 4.78 is 7.56. The molecule has 0 aliphatic carbocycles. The van der Waals surface area contributed by atoms with Crippen LogP contribution in [0.15, 0.2) is 87.8 Å². The maximum absolute atomic E-state index is 13.3. The summed E-state index contributed by atoms with van der Waals surface area (Å²) >= 11 is 2.94. The van der Waals surface area contributed by atoms with E-state index in [1.807, 2.05) is 46.3 Å². The molecule has 0 bridgehead atoms. The van der Waals surface area contributed by atoms with Crippen LogP contribution in [0.3, 0.4) is 0 Å². The lowest BCUT2D eigenvalue weighted by Crippen LogP contribution is -2.28. The third kappa shape index (κ3) is 4.39. The van der Waals surface area contributed by atoms with Crippen molar-refractivity contribution in [1.29, 1.82) is 0 Å². The molecule has 0 fully saturated rings. The molecule has 0 spiro atoms. The highest BCUT2D eigenvalue weighted by Gasteiger charge is 2.35. The number of aromatic nitrogens is 4. The largest absolute Gasteiger partial charge is 0.467 e. The molecule has 10 heteroatoms. The highest BCUT2D eigenvalue weighted by Crippen LogP contribution is 2.35. The lowest BCUT2D eigenvalue weighted by molar-refractivity contribution is -0.130. The van der Waals surface area contributed by atoms with E-state index < -0.39 is 0 Å². The molecule has 8 nitrogen and oxygen atoms in total. The first-order valence-electron chi connectivity index (χ1n) is 10.3. The topological polar surface area (TPSA) is 89.4 Å². The third-order valence-corrected chi connectivity index (χ3v) is 7.01. The Morgan fingerprint density at radius 3 is 2.85 bits per heavy atom. The van der Waals surface area contributed by atoms with Crippen molar-refractivity contribution in [2.45, 2.75) is 24.2 Å². The van der Waals surface area contributed by atoms with E-state index in [0.717, 1.165) is 21.9 Å². The Morgan fingerprint density at radius 2 is 2.12 bits per heavy atom. The predicted molar refractivity (Wildman–Crippen MR) is 128 cm³/mol. The zero-order valence-electron chi connectivity index (χ0n) is 17.6. The second-order valence-electron chi connectivity index (χ2n) is 7.23. The average Bonchev–Trinajstić information content (AvgIpc) is 3.64. The molecule has 1 amide bonds. The Labute approximate surface area is 198 Å². The van der Waals surface area contributed by atoms with Gasteiger partial charge < -0.3 is 4.42 Å². The van der Waals surface area contributed by atoms with E-state index >= 15 is 0 Å². The van der Waals surface area contributed by atoms with E-state index in [1.54, 1.807) is 41.1 Å². The van der Waals surface area contributed by atoms with E-state index in [2.05, 4.69) is 26.9 Å². The number of allylic oxidation sites excluding steroid dienone is 1. The van der Waals surface area contributed by atoms with Gasteiger partial charge in [0.25, 0.3) is 5.91 Å². The van der Waals surface area contributed by atoms with Crippen molar-refractivity contribution < 1.29 is 9.21 Å². The van der Waals surface area contributed by atoms with Gasteiger partial charge in [0.15, 0.2) is 11.0 Å². The Hall–Kier alpha value is -3.50. The minimum absolute atomic E-state index is 0.119. The molecule has 0 aromatic carbocycles. The molecule has 0 saturated carbocycles. The maximum atomic E-state index is 13.3. The number of hydrogen-bond acceptors (Lipinski definition) is 8. The molecule has 166 valence electrons. The molecule has 0 N–H and O–H groups in total. The lowest BCUT2D eigenvalue weighted by Gasteiger charge is -2.19. The number of pyridine rings is 1. The highest BCUT2D eigenvalue weighted by atomic mass is 32.2. The van der Waals surface area contributed by atoms with Gasteiger partial charge in [0.1, 0.15) is 11.8 Å². The van der Waals surface area contributed by atoms with Crippen molar-refractivity contribution in [1.82, 2.24) is 24.8 Å². The second kappa shape index (κ2) is 9.55. The first-order chi connectivity index (χ1) is 16.2. The van der Waals surface area contributed by atoms with Gasteiger partial charge in [-0.25, -0.2) is 5.01 Å². The Balaban J connectivity index is 1.36. The van der Waals surface area contributed by atoms with E-state index in [0.29, 0.717) is 23.9 Å². The summed E-state index contributed by atoms with van der Waals surface area (Å²) in [6, 6.07) is 11.2. The number of thiophene rings is 1. The Morgan fingerprint density at radius 1 is 1.24 bits per heavy atom. The van der Waals surface area contributed by atoms with E-state index in [1.165, 1.54) is 11.8 Å². The lowest BCUT2D eigenvalue weighted by atomic mass is 10.1. The molecule has 4 aromatic heterocycles. The van der Waals surface area contributed by atoms with Crippen LogP contribution in [0.5, 0.6) is 0 Å². The van der Waals surface area contributed by atoms with Gasteiger partial charge in [0.05, 0.1) is 22.6 Å². The van der Waals surface area contributed by atoms with Crippen molar-refractivity contribution in [3.05, 3.63) is 83.7 Å². The Bertz CT molecular complexity index is 1270. The summed E-state index contributed by atoms with van der Waals surface area (Å²) in [6.45, 7) is 4.37. The van der Waals surface area contributed by atoms with Crippen LogP contribution in [0.4, 0.5) is 0 Å². The quantitative estimate of drug-likeness (QED) is 0.272. The van der Waals surface area contributed by atoms with Crippen LogP contribution in [0.1, 0.15) is 23.1 Å². The van der Waals surface area contributed by atoms with Crippen molar-refractivity contribution in [2.24, 2.45) is 5.10 Å². The van der Waals surface area contributed by atoms with E-state index in [9.17, 15) is 4.79 Å². The minimum atomic E-state index is -0.261. The summed E-state index contributed by atoms with van der Waals surface area (Å²) in [5.41, 5.74) is 1.79. The molecule has 33 heavy (non-hydrogen) atoms. The summed E-state index contributed by atoms with van der Waals surface area (Å²) in [7, 11) is 0. The smallest absolute Gasteiger partial charge is 0.253 e. The third-order valence-electron chi connectivity index (χ3n) is 5.13. The average molecular weight is 477 g/mol. The molecule has 4 aromatic rings. The fourth-order valence-corrected chi connectivity index (χ4v) is 5.15. The molecule has 1 atom stereocenters. The number of carbonyl (C=O) groups excluding carboxylic acids is 1. The predicted octanol–water partition coefficient (Wildman–Crippen LogP) is 4.65. The molecule has 1 aliphatic rings. The number of furan rings is 1. The van der Waals surface area contributed by atoms with E-state index in [4.69, 9.17) is 4.42 Å². The zero-order valence-corrected chi connectivity index (χ0v) is 19.2. The van der Waals surface area contributed by atoms with Gasteiger partial charge in [-0.15, -0.1) is 28.1 Å². The molecule has 0 saturated heterocycles. The van der Waals surface area contributed by atoms with Gasteiger partial charge in [-0.2, -0.15) is 5.10 Å². The fourth-order valence-electron chi connectivity index (χ4n) is 3.63. The maximum Gasteiger partial charge on any atom is 0.253 e. The van der Waals surface area contributed by atoms with Gasteiger partial charge in [0, 0.05) is 30.9 Å². The normalized spacial score (nSPS) is 15.6. The van der Waals surface area contributed by atoms with E-state index in [-0.39, 0.29) is 17.7 Å². The van der Waals surface area contributed by atoms with Gasteiger partial charge in [-0.05, 0) is 35.7 Å². The van der Waals surface area contributed by atoms with Crippen LogP contribution in [0.25, 0.3) is 11.4 Å². The number of hydrogen-bond donors (Lipinski definition) is 0. The molecule has 5 heterocycles. The first-order valence-corrected chi connectivity index (χ1v) is 12.1. The molecule has 0 unspecified atom stereocenters. The molecular weight excluding hydrogens is 456 g/mol. The van der Waals surface area contributed by atoms with Crippen LogP contribution in [-0.2, 0) is 11.3 Å². The molecule has 5 rings (SSSR count). The molecule has 0 radical (unpaired) electrons. The summed E-state index contributed by atoms with van der Waals surface area (Å²) in [4.78, 5) is 18.4. The number of thioether (sulfide) groups is 1. The van der Waals surface area contributed by atoms with Crippen LogP contribution in [0.2, 0.25) is 0 Å². The number of nitrogens with zero attached hydrogens (tertiary/aromatic N) is 6. The second-order valence-corrected chi connectivity index (χ2v) is 9.12. The number of amides is 1. The standard InChI is InChI=1S/C23H20N6O2S2/c1-2-11-28-22(16-7-9-24-10-8-16)25-26-23(28)33-15-21(30)29-18(19-5-3-12-31-19)14-17(27-29)20-6-4-13-32-20/h2-10,12-13,18H,1,11,14-15H2/t18-/m0/s1. The van der Waals surface area contributed by atoms with Gasteiger partial charge in [0.2, 0.25) is 0 Å². The zero-order chi connectivity index (χ0) is 22.6. The minimum Gasteiger partial charge on any atom is -0.467 e. The number of hydrazone groups is 1. The van der Waals surface area contributed by atoms with Crippen molar-refractivity contribution in [3.63, 3.8) is 0 Å². The van der Waals surface area contributed by atoms with Gasteiger partial charge in [-0.3, -0.25) is 14.3 Å². The van der Waals surface area contributed by atoms with Gasteiger partial charge in [-0.1, -0.05) is 23.9 Å². The monoisotopic (exact) mass is 476 g/mol. The fraction of sp³-hybridized carbons (Fsp3) is 0.174. The number of carbonyl (C=O) groups is 1. The Kier molecular flexibility index (Phi) is 6.18.